The highest BCUT2D eigenvalue weighted by molar-refractivity contribution is 5.85. The van der Waals surface area contributed by atoms with Crippen LogP contribution in [0.1, 0.15) is 50.8 Å². The van der Waals surface area contributed by atoms with Crippen LogP contribution >= 0.6 is 0 Å². The van der Waals surface area contributed by atoms with Crippen LogP contribution in [0.2, 0.25) is 0 Å². The van der Waals surface area contributed by atoms with Crippen molar-refractivity contribution in [1.82, 2.24) is 15.3 Å². The highest BCUT2D eigenvalue weighted by Gasteiger charge is 2.39. The second-order valence-corrected chi connectivity index (χ2v) is 9.95. The molecule has 0 bridgehead atoms. The fourth-order valence-corrected chi connectivity index (χ4v) is 4.22. The molecule has 2 aromatic rings. The van der Waals surface area contributed by atoms with Gasteiger partial charge < -0.3 is 14.4 Å². The zero-order chi connectivity index (χ0) is 26.3. The average Bonchev–Trinajstić information content (AvgIpc) is 2.84. The first-order chi connectivity index (χ1) is 17.1. The van der Waals surface area contributed by atoms with Crippen molar-refractivity contribution in [3.63, 3.8) is 0 Å². The first kappa shape index (κ1) is 27.2. The van der Waals surface area contributed by atoms with Crippen molar-refractivity contribution in [2.24, 2.45) is 0 Å². The number of rotatable bonds is 8. The first-order valence-corrected chi connectivity index (χ1v) is 12.4. The molecule has 2 aromatic carbocycles. The van der Waals surface area contributed by atoms with Gasteiger partial charge >= 0.3 is 18.0 Å². The van der Waals surface area contributed by atoms with Crippen LogP contribution in [0.15, 0.2) is 54.6 Å². The third-order valence-electron chi connectivity index (χ3n) is 5.95. The molecule has 194 valence electrons. The van der Waals surface area contributed by atoms with Crippen molar-refractivity contribution < 1.29 is 23.9 Å². The van der Waals surface area contributed by atoms with Gasteiger partial charge in [-0.1, -0.05) is 54.6 Å². The van der Waals surface area contributed by atoms with Crippen LogP contribution in [-0.4, -0.2) is 59.2 Å². The molecule has 0 saturated heterocycles. The summed E-state index contributed by atoms with van der Waals surface area (Å²) in [6.07, 6.45) is 1.44. The third-order valence-corrected chi connectivity index (χ3v) is 5.95. The molecule has 0 saturated carbocycles. The number of fused-ring (bicyclic) bond motifs is 1. The van der Waals surface area contributed by atoms with Crippen molar-refractivity contribution in [1.29, 1.82) is 0 Å². The van der Waals surface area contributed by atoms with Crippen molar-refractivity contribution >= 4 is 18.0 Å². The molecule has 36 heavy (non-hydrogen) atoms. The van der Waals surface area contributed by atoms with E-state index in [2.05, 4.69) is 5.43 Å². The van der Waals surface area contributed by atoms with Crippen molar-refractivity contribution in [2.75, 3.05) is 13.7 Å². The van der Waals surface area contributed by atoms with Gasteiger partial charge in [-0.05, 0) is 57.2 Å². The summed E-state index contributed by atoms with van der Waals surface area (Å²) in [6.45, 7) is 7.66. The number of esters is 2. The van der Waals surface area contributed by atoms with Crippen LogP contribution in [0.4, 0.5) is 4.79 Å². The van der Waals surface area contributed by atoms with Crippen LogP contribution in [0.5, 0.6) is 0 Å². The molecule has 0 fully saturated rings. The molecule has 0 aliphatic carbocycles. The van der Waals surface area contributed by atoms with Gasteiger partial charge in [-0.15, -0.1) is 0 Å². The summed E-state index contributed by atoms with van der Waals surface area (Å²) < 4.78 is 10.9. The Morgan fingerprint density at radius 2 is 1.69 bits per heavy atom. The number of carbonyl (C=O) groups is 3. The lowest BCUT2D eigenvalue weighted by Crippen LogP contribution is -2.58. The average molecular weight is 496 g/mol. The van der Waals surface area contributed by atoms with E-state index < -0.39 is 35.7 Å². The maximum atomic E-state index is 13.6. The lowest BCUT2D eigenvalue weighted by atomic mass is 9.94. The molecular weight excluding hydrogens is 458 g/mol. The first-order valence-electron chi connectivity index (χ1n) is 12.4. The van der Waals surface area contributed by atoms with Gasteiger partial charge in [-0.3, -0.25) is 9.80 Å². The second kappa shape index (κ2) is 12.0. The topological polar surface area (TPSA) is 88.2 Å². The Bertz CT molecular complexity index is 1050. The van der Waals surface area contributed by atoms with E-state index in [0.717, 1.165) is 16.7 Å². The number of nitrogens with zero attached hydrogens (tertiary/aromatic N) is 2. The summed E-state index contributed by atoms with van der Waals surface area (Å²) in [5.41, 5.74) is 5.41. The molecule has 8 nitrogen and oxygen atoms in total. The molecule has 1 heterocycles. The number of benzene rings is 2. The van der Waals surface area contributed by atoms with E-state index in [4.69, 9.17) is 9.47 Å². The van der Waals surface area contributed by atoms with Gasteiger partial charge in [-0.25, -0.2) is 15.0 Å². The largest absolute Gasteiger partial charge is 0.465 e. The summed E-state index contributed by atoms with van der Waals surface area (Å²) in [7, 11) is 1.56. The third kappa shape index (κ3) is 7.31. The number of hydrogen-bond acceptors (Lipinski definition) is 6. The quantitative estimate of drug-likeness (QED) is 0.442. The highest BCUT2D eigenvalue weighted by atomic mass is 16.6. The van der Waals surface area contributed by atoms with Crippen LogP contribution in [0, 0.1) is 0 Å². The molecular formula is C28H37N3O5. The molecule has 3 rings (SSSR count). The number of carbonyl (C=O) groups excluding carboxylic acids is 3. The summed E-state index contributed by atoms with van der Waals surface area (Å²) in [4.78, 5) is 40.9. The summed E-state index contributed by atoms with van der Waals surface area (Å²) >= 11 is 0. The van der Waals surface area contributed by atoms with Gasteiger partial charge in [0.2, 0.25) is 0 Å². The Balaban J connectivity index is 1.78. The Kier molecular flexibility index (Phi) is 9.09. The molecule has 0 radical (unpaired) electrons. The molecule has 0 aromatic heterocycles. The second-order valence-electron chi connectivity index (χ2n) is 9.95. The van der Waals surface area contributed by atoms with Gasteiger partial charge in [0, 0.05) is 20.0 Å². The highest BCUT2D eigenvalue weighted by Crippen LogP contribution is 2.26. The summed E-state index contributed by atoms with van der Waals surface area (Å²) in [6, 6.07) is 15.7. The zero-order valence-corrected chi connectivity index (χ0v) is 21.8. The van der Waals surface area contributed by atoms with E-state index in [1.807, 2.05) is 54.6 Å². The van der Waals surface area contributed by atoms with Crippen molar-refractivity contribution in [3.05, 3.63) is 71.3 Å². The van der Waals surface area contributed by atoms with Gasteiger partial charge in [0.05, 0.1) is 6.61 Å². The predicted octanol–water partition coefficient (Wildman–Crippen LogP) is 3.88. The van der Waals surface area contributed by atoms with Gasteiger partial charge in [0.15, 0.2) is 0 Å². The van der Waals surface area contributed by atoms with Crippen LogP contribution in [0.25, 0.3) is 0 Å². The summed E-state index contributed by atoms with van der Waals surface area (Å²) in [5, 5.41) is 1.28. The minimum Gasteiger partial charge on any atom is -0.465 e. The maximum absolute atomic E-state index is 13.6. The van der Waals surface area contributed by atoms with E-state index in [-0.39, 0.29) is 13.2 Å². The molecule has 2 atom stereocenters. The molecule has 1 aliphatic heterocycles. The monoisotopic (exact) mass is 495 g/mol. The lowest BCUT2D eigenvalue weighted by molar-refractivity contribution is -0.161. The minimum absolute atomic E-state index is 0.240. The number of hydrazine groups is 1. The lowest BCUT2D eigenvalue weighted by Gasteiger charge is -2.39. The fraction of sp³-hybridized carbons (Fsp3) is 0.464. The molecule has 1 N–H and O–H groups in total. The van der Waals surface area contributed by atoms with E-state index >= 15 is 0 Å². The number of ether oxygens (including phenoxy) is 2. The van der Waals surface area contributed by atoms with E-state index in [0.29, 0.717) is 19.3 Å². The van der Waals surface area contributed by atoms with Crippen LogP contribution < -0.4 is 5.43 Å². The van der Waals surface area contributed by atoms with E-state index in [1.54, 1.807) is 34.7 Å². The Hall–Kier alpha value is -3.39. The molecule has 0 spiro atoms. The van der Waals surface area contributed by atoms with Crippen molar-refractivity contribution in [2.45, 2.75) is 71.2 Å². The Labute approximate surface area is 213 Å². The normalized spacial score (nSPS) is 16.0. The number of nitrogens with one attached hydrogen (secondary N) is 1. The van der Waals surface area contributed by atoms with Crippen LogP contribution in [0.3, 0.4) is 0 Å². The number of amides is 2. The van der Waals surface area contributed by atoms with E-state index in [9.17, 15) is 14.4 Å². The SMILES string of the molecule is CCOC(=O)C(CCc1ccccc1)NN(C)C(=O)N1Cc2ccccc2C[C@H]1C(=O)OC(C)(C)C. The van der Waals surface area contributed by atoms with Gasteiger partial charge in [0.25, 0.3) is 0 Å². The van der Waals surface area contributed by atoms with Gasteiger partial charge in [0.1, 0.15) is 17.7 Å². The number of aryl methyl sites for hydroxylation is 1. The Morgan fingerprint density at radius 3 is 2.33 bits per heavy atom. The zero-order valence-electron chi connectivity index (χ0n) is 21.8. The maximum Gasteiger partial charge on any atom is 0.335 e. The number of hydrogen-bond donors (Lipinski definition) is 1. The minimum atomic E-state index is -0.777. The predicted molar refractivity (Wildman–Crippen MR) is 137 cm³/mol. The van der Waals surface area contributed by atoms with E-state index in [1.165, 1.54) is 9.91 Å². The molecule has 1 unspecified atom stereocenters. The fourth-order valence-electron chi connectivity index (χ4n) is 4.22. The smallest absolute Gasteiger partial charge is 0.335 e. The molecule has 2 amide bonds. The molecule has 8 heteroatoms. The van der Waals surface area contributed by atoms with Crippen molar-refractivity contribution in [3.8, 4) is 0 Å². The van der Waals surface area contributed by atoms with Crippen LogP contribution in [-0.2, 0) is 38.4 Å². The molecule has 1 aliphatic rings. The Morgan fingerprint density at radius 1 is 1.06 bits per heavy atom. The number of urea groups is 1. The summed E-state index contributed by atoms with van der Waals surface area (Å²) in [5.74, 6) is -0.884. The standard InChI is InChI=1S/C28H37N3O5/c1-6-35-25(32)23(17-16-20-12-8-7-9-13-20)29-30(5)27(34)31-19-22-15-11-10-14-21(22)18-24(31)26(33)36-28(2,3)4/h7-15,23-24,29H,6,16-19H2,1-5H3/t23?,24-/m0/s1. The van der Waals surface area contributed by atoms with Gasteiger partial charge in [-0.2, -0.15) is 0 Å².